The van der Waals surface area contributed by atoms with Crippen molar-refractivity contribution < 1.29 is 18.7 Å². The number of nitrogens with zero attached hydrogens (tertiary/aromatic N) is 1. The van der Waals surface area contributed by atoms with Crippen LogP contribution < -0.4 is 0 Å². The summed E-state index contributed by atoms with van der Waals surface area (Å²) in [6, 6.07) is 1.15. The highest BCUT2D eigenvalue weighted by Gasteiger charge is 2.19. The van der Waals surface area contributed by atoms with E-state index in [-0.39, 0.29) is 10.6 Å². The van der Waals surface area contributed by atoms with Crippen LogP contribution in [-0.2, 0) is 0 Å². The van der Waals surface area contributed by atoms with Gasteiger partial charge in [-0.25, -0.2) is 18.6 Å². The van der Waals surface area contributed by atoms with Gasteiger partial charge in [0.2, 0.25) is 0 Å². The van der Waals surface area contributed by atoms with Gasteiger partial charge in [-0.1, -0.05) is 11.6 Å². The van der Waals surface area contributed by atoms with Crippen LogP contribution in [0.2, 0.25) is 5.02 Å². The number of alkyl halides is 2. The number of carboxylic acid groups (broad SMARTS) is 1. The number of hydrogen-bond acceptors (Lipinski definition) is 2. The Kier molecular flexibility index (Phi) is 3.00. The van der Waals surface area contributed by atoms with Crippen molar-refractivity contribution >= 4 is 17.6 Å². The first kappa shape index (κ1) is 10.8. The molecule has 3 nitrogen and oxygen atoms in total. The van der Waals surface area contributed by atoms with Crippen LogP contribution in [0.1, 0.15) is 28.2 Å². The lowest BCUT2D eigenvalue weighted by molar-refractivity contribution is 0.0688. The molecule has 1 heterocycles. The van der Waals surface area contributed by atoms with Crippen molar-refractivity contribution in [2.24, 2.45) is 0 Å². The van der Waals surface area contributed by atoms with Gasteiger partial charge in [0.15, 0.2) is 0 Å². The summed E-state index contributed by atoms with van der Waals surface area (Å²) in [6.07, 6.45) is -2.87. The number of rotatable bonds is 2. The Bertz CT molecular complexity index is 382. The molecule has 1 rings (SSSR count). The zero-order chi connectivity index (χ0) is 10.9. The van der Waals surface area contributed by atoms with Gasteiger partial charge in [0.05, 0.1) is 5.02 Å². The highest BCUT2D eigenvalue weighted by Crippen LogP contribution is 2.28. The van der Waals surface area contributed by atoms with Crippen molar-refractivity contribution in [3.8, 4) is 0 Å². The monoisotopic (exact) mass is 221 g/mol. The van der Waals surface area contributed by atoms with Gasteiger partial charge in [0, 0.05) is 0 Å². The second-order valence-corrected chi connectivity index (χ2v) is 3.01. The summed E-state index contributed by atoms with van der Waals surface area (Å²) < 4.78 is 24.6. The van der Waals surface area contributed by atoms with Crippen LogP contribution in [0.5, 0.6) is 0 Å². The van der Waals surface area contributed by atoms with E-state index in [0.29, 0.717) is 0 Å². The lowest BCUT2D eigenvalue weighted by Crippen LogP contribution is -2.05. The largest absolute Gasteiger partial charge is 0.477 e. The minimum atomic E-state index is -2.87. The molecule has 1 aromatic heterocycles. The van der Waals surface area contributed by atoms with Gasteiger partial charge < -0.3 is 5.11 Å². The maximum absolute atomic E-state index is 12.3. The summed E-state index contributed by atoms with van der Waals surface area (Å²) in [5.74, 6) is -1.35. The summed E-state index contributed by atoms with van der Waals surface area (Å²) in [7, 11) is 0. The number of pyridine rings is 1. The number of carbonyl (C=O) groups is 1. The lowest BCUT2D eigenvalue weighted by Gasteiger charge is -2.06. The van der Waals surface area contributed by atoms with E-state index in [1.165, 1.54) is 6.92 Å². The zero-order valence-corrected chi connectivity index (χ0v) is 7.85. The van der Waals surface area contributed by atoms with Gasteiger partial charge in [-0.2, -0.15) is 0 Å². The molecule has 0 aromatic carbocycles. The Labute approximate surface area is 83.3 Å². The molecule has 0 fully saturated rings. The minimum Gasteiger partial charge on any atom is -0.477 e. The first-order chi connectivity index (χ1) is 6.43. The van der Waals surface area contributed by atoms with Crippen molar-refractivity contribution in [3.63, 3.8) is 0 Å². The van der Waals surface area contributed by atoms with E-state index >= 15 is 0 Å². The highest BCUT2D eigenvalue weighted by atomic mass is 35.5. The average molecular weight is 222 g/mol. The molecule has 0 spiro atoms. The fraction of sp³-hybridized carbons (Fsp3) is 0.250. The molecule has 0 unspecified atom stereocenters. The van der Waals surface area contributed by atoms with Crippen molar-refractivity contribution in [2.45, 2.75) is 13.3 Å². The summed E-state index contributed by atoms with van der Waals surface area (Å²) >= 11 is 5.53. The molecule has 0 aliphatic heterocycles. The Hall–Kier alpha value is -1.23. The molecule has 0 aliphatic rings. The molecule has 1 aromatic rings. The van der Waals surface area contributed by atoms with Crippen LogP contribution in [0.3, 0.4) is 0 Å². The fourth-order valence-electron chi connectivity index (χ4n) is 0.936. The second kappa shape index (κ2) is 3.88. The molecule has 0 atom stereocenters. The number of halogens is 3. The zero-order valence-electron chi connectivity index (χ0n) is 7.09. The maximum Gasteiger partial charge on any atom is 0.354 e. The van der Waals surface area contributed by atoms with E-state index in [4.69, 9.17) is 16.7 Å². The second-order valence-electron chi connectivity index (χ2n) is 2.63. The topological polar surface area (TPSA) is 50.2 Å². The minimum absolute atomic E-state index is 0.190. The number of aromatic nitrogens is 1. The van der Waals surface area contributed by atoms with Crippen molar-refractivity contribution in [3.05, 3.63) is 28.0 Å². The first-order valence-corrected chi connectivity index (χ1v) is 3.99. The van der Waals surface area contributed by atoms with Crippen molar-refractivity contribution in [1.29, 1.82) is 0 Å². The predicted octanol–water partition coefficient (Wildman–Crippen LogP) is 2.68. The summed E-state index contributed by atoms with van der Waals surface area (Å²) in [4.78, 5) is 13.7. The van der Waals surface area contributed by atoms with Gasteiger partial charge >= 0.3 is 5.97 Å². The van der Waals surface area contributed by atoms with Crippen LogP contribution in [0.4, 0.5) is 8.78 Å². The predicted molar refractivity (Wildman–Crippen MR) is 45.9 cm³/mol. The third-order valence-corrected chi connectivity index (χ3v) is 2.08. The van der Waals surface area contributed by atoms with E-state index in [1.807, 2.05) is 0 Å². The third-order valence-electron chi connectivity index (χ3n) is 1.59. The third kappa shape index (κ3) is 1.98. The SMILES string of the molecule is Cc1cc(C(=O)O)nc(C(F)F)c1Cl. The quantitative estimate of drug-likeness (QED) is 0.835. The number of carboxylic acids is 1. The van der Waals surface area contributed by atoms with Gasteiger partial charge in [-0.05, 0) is 18.6 Å². The van der Waals surface area contributed by atoms with Crippen LogP contribution in [-0.4, -0.2) is 16.1 Å². The lowest BCUT2D eigenvalue weighted by atomic mass is 10.2. The molecule has 76 valence electrons. The average Bonchev–Trinajstić information content (AvgIpc) is 2.08. The molecule has 14 heavy (non-hydrogen) atoms. The van der Waals surface area contributed by atoms with Crippen LogP contribution in [0, 0.1) is 6.92 Å². The maximum atomic E-state index is 12.3. The standard InChI is InChI=1S/C8H6ClF2NO2/c1-3-2-4(8(13)14)12-6(5(3)9)7(10)11/h2,7H,1H3,(H,13,14). The van der Waals surface area contributed by atoms with E-state index in [9.17, 15) is 13.6 Å². The Morgan fingerprint density at radius 1 is 1.64 bits per heavy atom. The first-order valence-electron chi connectivity index (χ1n) is 3.62. The summed E-state index contributed by atoms with van der Waals surface area (Å²) in [5.41, 5.74) is -0.847. The van der Waals surface area contributed by atoms with Crippen LogP contribution in [0.15, 0.2) is 6.07 Å². The fourth-order valence-corrected chi connectivity index (χ4v) is 1.12. The van der Waals surface area contributed by atoms with E-state index in [0.717, 1.165) is 6.07 Å². The molecular formula is C8H6ClF2NO2. The Balaban J connectivity index is 3.35. The van der Waals surface area contributed by atoms with Gasteiger partial charge in [-0.15, -0.1) is 0 Å². The Morgan fingerprint density at radius 2 is 2.21 bits per heavy atom. The summed E-state index contributed by atoms with van der Waals surface area (Å²) in [6.45, 7) is 1.45. The van der Waals surface area contributed by atoms with Crippen molar-refractivity contribution in [2.75, 3.05) is 0 Å². The van der Waals surface area contributed by atoms with Gasteiger partial charge in [0.1, 0.15) is 11.4 Å². The Morgan fingerprint density at radius 3 is 2.64 bits per heavy atom. The van der Waals surface area contributed by atoms with Gasteiger partial charge in [-0.3, -0.25) is 0 Å². The van der Waals surface area contributed by atoms with Gasteiger partial charge in [0.25, 0.3) is 6.43 Å². The molecule has 0 saturated heterocycles. The molecule has 0 amide bonds. The number of hydrogen-bond donors (Lipinski definition) is 1. The molecule has 0 saturated carbocycles. The molecule has 0 radical (unpaired) electrons. The van der Waals surface area contributed by atoms with Crippen LogP contribution in [0.25, 0.3) is 0 Å². The number of aromatic carboxylic acids is 1. The smallest absolute Gasteiger partial charge is 0.354 e. The normalized spacial score (nSPS) is 10.6. The van der Waals surface area contributed by atoms with Crippen LogP contribution >= 0.6 is 11.6 Å². The van der Waals surface area contributed by atoms with Crippen molar-refractivity contribution in [1.82, 2.24) is 4.98 Å². The summed E-state index contributed by atoms with van der Waals surface area (Å²) in [5, 5.41) is 8.37. The molecular weight excluding hydrogens is 216 g/mol. The van der Waals surface area contributed by atoms with E-state index in [1.54, 1.807) is 0 Å². The highest BCUT2D eigenvalue weighted by molar-refractivity contribution is 6.32. The molecule has 1 N–H and O–H groups in total. The van der Waals surface area contributed by atoms with E-state index in [2.05, 4.69) is 4.98 Å². The number of aryl methyl sites for hydroxylation is 1. The molecule has 0 bridgehead atoms. The van der Waals surface area contributed by atoms with E-state index < -0.39 is 23.8 Å². The molecule has 6 heteroatoms. The molecule has 0 aliphatic carbocycles.